The van der Waals surface area contributed by atoms with Gasteiger partial charge in [-0.3, -0.25) is 14.9 Å². The number of carbonyl (C=O) groups excluding carboxylic acids is 1. The van der Waals surface area contributed by atoms with Gasteiger partial charge in [0.2, 0.25) is 5.89 Å². The Labute approximate surface area is 176 Å². The van der Waals surface area contributed by atoms with Crippen LogP contribution in [0.5, 0.6) is 0 Å². The molecular weight excluding hydrogens is 406 g/mol. The Morgan fingerprint density at radius 1 is 1.10 bits per heavy atom. The van der Waals surface area contributed by atoms with Crippen molar-refractivity contribution >= 4 is 40.0 Å². The summed E-state index contributed by atoms with van der Waals surface area (Å²) in [7, 11) is 0. The minimum absolute atomic E-state index is 0.0354. The van der Waals surface area contributed by atoms with Crippen LogP contribution in [-0.2, 0) is 0 Å². The number of amides is 1. The minimum atomic E-state index is -0.598. The lowest BCUT2D eigenvalue weighted by molar-refractivity contribution is -0.385. The molecule has 150 valence electrons. The van der Waals surface area contributed by atoms with Gasteiger partial charge in [0.15, 0.2) is 5.58 Å². The highest BCUT2D eigenvalue weighted by Crippen LogP contribution is 2.33. The number of fused-ring (bicyclic) bond motifs is 1. The molecule has 30 heavy (non-hydrogen) atoms. The van der Waals surface area contributed by atoms with Gasteiger partial charge in [0.25, 0.3) is 11.6 Å². The van der Waals surface area contributed by atoms with Crippen LogP contribution in [0, 0.1) is 24.0 Å². The Morgan fingerprint density at radius 2 is 1.83 bits per heavy atom. The van der Waals surface area contributed by atoms with Gasteiger partial charge < -0.3 is 9.73 Å². The van der Waals surface area contributed by atoms with Crippen molar-refractivity contribution in [2.24, 2.45) is 0 Å². The Kier molecular flexibility index (Phi) is 4.97. The fourth-order valence-electron chi connectivity index (χ4n) is 3.09. The van der Waals surface area contributed by atoms with Crippen LogP contribution < -0.4 is 5.32 Å². The fourth-order valence-corrected chi connectivity index (χ4v) is 3.28. The summed E-state index contributed by atoms with van der Waals surface area (Å²) in [6.45, 7) is 3.98. The number of carbonyl (C=O) groups is 1. The summed E-state index contributed by atoms with van der Waals surface area (Å²) in [5.74, 6) is -0.277. The van der Waals surface area contributed by atoms with Crippen LogP contribution in [-0.4, -0.2) is 15.8 Å². The van der Waals surface area contributed by atoms with Gasteiger partial charge in [-0.25, -0.2) is 4.98 Å². The molecule has 0 saturated carbocycles. The molecule has 0 saturated heterocycles. The summed E-state index contributed by atoms with van der Waals surface area (Å²) >= 11 is 6.34. The van der Waals surface area contributed by atoms with Crippen molar-refractivity contribution in [2.45, 2.75) is 13.8 Å². The van der Waals surface area contributed by atoms with E-state index in [2.05, 4.69) is 10.3 Å². The molecule has 4 aromatic rings. The van der Waals surface area contributed by atoms with Crippen LogP contribution in [0.15, 0.2) is 59.0 Å². The number of nitro groups is 1. The van der Waals surface area contributed by atoms with Gasteiger partial charge in [0.05, 0.1) is 15.5 Å². The molecule has 0 aliphatic carbocycles. The quantitative estimate of drug-likeness (QED) is 0.325. The molecule has 0 aliphatic heterocycles. The van der Waals surface area contributed by atoms with Crippen LogP contribution in [0.4, 0.5) is 11.4 Å². The standard InChI is InChI=1S/C22H16ClN3O4/c1-12-9-18-20(10-13(12)2)30-22(25-18)16-11-14(7-8-17(16)23)24-21(27)15-5-3-4-6-19(15)26(28)29/h3-11H,1-2H3,(H,24,27). The summed E-state index contributed by atoms with van der Waals surface area (Å²) in [5.41, 5.74) is 4.13. The Bertz CT molecular complexity index is 1270. The molecule has 1 aromatic heterocycles. The maximum Gasteiger partial charge on any atom is 0.282 e. The second-order valence-electron chi connectivity index (χ2n) is 6.85. The van der Waals surface area contributed by atoms with E-state index in [0.29, 0.717) is 33.3 Å². The second-order valence-corrected chi connectivity index (χ2v) is 7.25. The highest BCUT2D eigenvalue weighted by molar-refractivity contribution is 6.33. The first-order chi connectivity index (χ1) is 14.3. The van der Waals surface area contributed by atoms with E-state index in [1.54, 1.807) is 24.3 Å². The summed E-state index contributed by atoms with van der Waals surface area (Å²) < 4.78 is 5.87. The Balaban J connectivity index is 1.69. The summed E-state index contributed by atoms with van der Waals surface area (Å²) in [6.07, 6.45) is 0. The molecule has 1 N–H and O–H groups in total. The number of hydrogen-bond donors (Lipinski definition) is 1. The number of rotatable bonds is 4. The average Bonchev–Trinajstić information content (AvgIpc) is 3.12. The molecule has 0 bridgehead atoms. The molecule has 1 amide bonds. The molecule has 0 unspecified atom stereocenters. The Morgan fingerprint density at radius 3 is 2.60 bits per heavy atom. The SMILES string of the molecule is Cc1cc2nc(-c3cc(NC(=O)c4ccccc4[N+](=O)[O-])ccc3Cl)oc2cc1C. The normalized spacial score (nSPS) is 10.9. The van der Waals surface area contributed by atoms with Crippen LogP contribution in [0.1, 0.15) is 21.5 Å². The van der Waals surface area contributed by atoms with Crippen molar-refractivity contribution in [1.29, 1.82) is 0 Å². The van der Waals surface area contributed by atoms with Gasteiger partial charge in [-0.1, -0.05) is 23.7 Å². The third-order valence-corrected chi connectivity index (χ3v) is 5.13. The zero-order valence-corrected chi connectivity index (χ0v) is 16.9. The van der Waals surface area contributed by atoms with Gasteiger partial charge >= 0.3 is 0 Å². The zero-order chi connectivity index (χ0) is 21.4. The Hall–Kier alpha value is -3.71. The lowest BCUT2D eigenvalue weighted by Gasteiger charge is -2.08. The number of benzene rings is 3. The number of anilines is 1. The number of aryl methyl sites for hydroxylation is 2. The molecule has 8 heteroatoms. The zero-order valence-electron chi connectivity index (χ0n) is 16.1. The summed E-state index contributed by atoms with van der Waals surface area (Å²) in [4.78, 5) is 27.7. The van der Waals surface area contributed by atoms with Crippen LogP contribution in [0.2, 0.25) is 5.02 Å². The first-order valence-electron chi connectivity index (χ1n) is 9.06. The topological polar surface area (TPSA) is 98.3 Å². The van der Waals surface area contributed by atoms with E-state index in [1.165, 1.54) is 18.2 Å². The van der Waals surface area contributed by atoms with Crippen molar-refractivity contribution in [2.75, 3.05) is 5.32 Å². The lowest BCUT2D eigenvalue weighted by atomic mass is 10.1. The third kappa shape index (κ3) is 3.62. The van der Waals surface area contributed by atoms with Crippen LogP contribution >= 0.6 is 11.6 Å². The molecule has 0 radical (unpaired) electrons. The molecule has 3 aromatic carbocycles. The number of aromatic nitrogens is 1. The van der Waals surface area contributed by atoms with Gasteiger partial charge in [-0.15, -0.1) is 0 Å². The first kappa shape index (κ1) is 19.6. The fraction of sp³-hybridized carbons (Fsp3) is 0.0909. The van der Waals surface area contributed by atoms with E-state index in [0.717, 1.165) is 11.1 Å². The first-order valence-corrected chi connectivity index (χ1v) is 9.44. The van der Waals surface area contributed by atoms with Gasteiger partial charge in [-0.05, 0) is 61.4 Å². The second kappa shape index (κ2) is 7.61. The summed E-state index contributed by atoms with van der Waals surface area (Å²) in [5, 5.41) is 14.3. The molecular formula is C22H16ClN3O4. The predicted octanol–water partition coefficient (Wildman–Crippen LogP) is 5.93. The molecule has 0 spiro atoms. The van der Waals surface area contributed by atoms with Crippen molar-refractivity contribution in [3.05, 3.63) is 86.4 Å². The maximum atomic E-state index is 12.6. The maximum absolute atomic E-state index is 12.6. The van der Waals surface area contributed by atoms with Crippen molar-refractivity contribution in [3.8, 4) is 11.5 Å². The molecule has 4 rings (SSSR count). The van der Waals surface area contributed by atoms with E-state index >= 15 is 0 Å². The lowest BCUT2D eigenvalue weighted by Crippen LogP contribution is -2.13. The van der Waals surface area contributed by atoms with Gasteiger partial charge in [0, 0.05) is 11.8 Å². The minimum Gasteiger partial charge on any atom is -0.436 e. The van der Waals surface area contributed by atoms with E-state index in [1.807, 2.05) is 26.0 Å². The van der Waals surface area contributed by atoms with Crippen LogP contribution in [0.3, 0.4) is 0 Å². The third-order valence-electron chi connectivity index (χ3n) is 4.80. The van der Waals surface area contributed by atoms with E-state index in [-0.39, 0.29) is 11.3 Å². The van der Waals surface area contributed by atoms with Gasteiger partial charge in [-0.2, -0.15) is 0 Å². The molecule has 7 nitrogen and oxygen atoms in total. The van der Waals surface area contributed by atoms with Crippen LogP contribution in [0.25, 0.3) is 22.6 Å². The monoisotopic (exact) mass is 421 g/mol. The number of nitrogens with one attached hydrogen (secondary N) is 1. The predicted molar refractivity (Wildman–Crippen MR) is 115 cm³/mol. The highest BCUT2D eigenvalue weighted by atomic mass is 35.5. The summed E-state index contributed by atoms with van der Waals surface area (Å²) in [6, 6.07) is 14.4. The molecule has 0 fully saturated rings. The number of nitro benzene ring substituents is 1. The highest BCUT2D eigenvalue weighted by Gasteiger charge is 2.20. The number of halogens is 1. The van der Waals surface area contributed by atoms with Crippen molar-refractivity contribution in [1.82, 2.24) is 4.98 Å². The average molecular weight is 422 g/mol. The van der Waals surface area contributed by atoms with E-state index in [9.17, 15) is 14.9 Å². The van der Waals surface area contributed by atoms with E-state index in [4.69, 9.17) is 16.0 Å². The van der Waals surface area contributed by atoms with Crippen molar-refractivity contribution < 1.29 is 14.1 Å². The number of para-hydroxylation sites is 1. The van der Waals surface area contributed by atoms with E-state index < -0.39 is 10.8 Å². The largest absolute Gasteiger partial charge is 0.436 e. The van der Waals surface area contributed by atoms with Crippen molar-refractivity contribution in [3.63, 3.8) is 0 Å². The smallest absolute Gasteiger partial charge is 0.282 e. The molecule has 0 atom stereocenters. The molecule has 0 aliphatic rings. The number of hydrogen-bond acceptors (Lipinski definition) is 5. The van der Waals surface area contributed by atoms with Gasteiger partial charge in [0.1, 0.15) is 11.1 Å². The molecule has 1 heterocycles. The number of nitrogens with zero attached hydrogens (tertiary/aromatic N) is 2. The number of oxazole rings is 1.